The molecular formula is C10H12N6S. The van der Waals surface area contributed by atoms with Crippen LogP contribution in [0, 0.1) is 0 Å². The van der Waals surface area contributed by atoms with Crippen molar-refractivity contribution in [1.82, 2.24) is 19.7 Å². The third-order valence-electron chi connectivity index (χ3n) is 2.14. The van der Waals surface area contributed by atoms with Gasteiger partial charge >= 0.3 is 0 Å². The molecule has 6 nitrogen and oxygen atoms in total. The molecule has 2 rings (SSSR count). The fourth-order valence-corrected chi connectivity index (χ4v) is 1.41. The summed E-state index contributed by atoms with van der Waals surface area (Å²) in [7, 11) is 1.88. The van der Waals surface area contributed by atoms with E-state index in [1.807, 2.05) is 13.2 Å². The summed E-state index contributed by atoms with van der Waals surface area (Å²) in [4.78, 5) is 8.48. The van der Waals surface area contributed by atoms with Gasteiger partial charge < -0.3 is 11.1 Å². The van der Waals surface area contributed by atoms with Gasteiger partial charge in [0.2, 0.25) is 0 Å². The van der Waals surface area contributed by atoms with Crippen LogP contribution in [0.15, 0.2) is 24.8 Å². The molecule has 2 heterocycles. The zero-order chi connectivity index (χ0) is 12.3. The molecule has 3 N–H and O–H groups in total. The van der Waals surface area contributed by atoms with E-state index in [-0.39, 0.29) is 4.99 Å². The van der Waals surface area contributed by atoms with Crippen LogP contribution in [0.1, 0.15) is 11.3 Å². The summed E-state index contributed by atoms with van der Waals surface area (Å²) in [5, 5.41) is 7.20. The van der Waals surface area contributed by atoms with Crippen LogP contribution in [0.2, 0.25) is 0 Å². The molecule has 0 amide bonds. The Morgan fingerprint density at radius 3 is 2.76 bits per heavy atom. The molecule has 2 aromatic heterocycles. The van der Waals surface area contributed by atoms with Crippen molar-refractivity contribution in [3.63, 3.8) is 0 Å². The van der Waals surface area contributed by atoms with E-state index in [9.17, 15) is 0 Å². The average Bonchev–Trinajstić information content (AvgIpc) is 2.73. The SMILES string of the molecule is Cn1cc(CNc2cnc(C(N)=S)cn2)cn1. The number of aromatic nitrogens is 4. The second-order valence-electron chi connectivity index (χ2n) is 3.53. The fraction of sp³-hybridized carbons (Fsp3) is 0.200. The summed E-state index contributed by atoms with van der Waals surface area (Å²) in [5.74, 6) is 0.675. The average molecular weight is 248 g/mol. The Morgan fingerprint density at radius 2 is 2.24 bits per heavy atom. The van der Waals surface area contributed by atoms with Gasteiger partial charge in [-0.05, 0) is 0 Å². The lowest BCUT2D eigenvalue weighted by molar-refractivity contribution is 0.767. The van der Waals surface area contributed by atoms with Crippen molar-refractivity contribution in [2.24, 2.45) is 12.8 Å². The zero-order valence-electron chi connectivity index (χ0n) is 9.29. The highest BCUT2D eigenvalue weighted by Gasteiger charge is 2.00. The van der Waals surface area contributed by atoms with E-state index >= 15 is 0 Å². The maximum Gasteiger partial charge on any atom is 0.144 e. The van der Waals surface area contributed by atoms with Gasteiger partial charge in [0.15, 0.2) is 0 Å². The molecule has 0 aliphatic heterocycles. The van der Waals surface area contributed by atoms with Crippen LogP contribution in [0.4, 0.5) is 5.82 Å². The first-order chi connectivity index (χ1) is 8.15. The third kappa shape index (κ3) is 2.97. The van der Waals surface area contributed by atoms with E-state index < -0.39 is 0 Å². The number of aryl methyl sites for hydroxylation is 1. The smallest absolute Gasteiger partial charge is 0.144 e. The van der Waals surface area contributed by atoms with Crippen molar-refractivity contribution in [2.45, 2.75) is 6.54 Å². The van der Waals surface area contributed by atoms with Crippen molar-refractivity contribution >= 4 is 23.0 Å². The fourth-order valence-electron chi connectivity index (χ4n) is 1.30. The quantitative estimate of drug-likeness (QED) is 0.765. The number of hydrogen-bond acceptors (Lipinski definition) is 5. The highest BCUT2D eigenvalue weighted by atomic mass is 32.1. The summed E-state index contributed by atoms with van der Waals surface area (Å²) in [6.45, 7) is 0.648. The Labute approximate surface area is 104 Å². The van der Waals surface area contributed by atoms with Crippen molar-refractivity contribution < 1.29 is 0 Å². The Balaban J connectivity index is 1.97. The minimum absolute atomic E-state index is 0.247. The van der Waals surface area contributed by atoms with E-state index in [0.29, 0.717) is 18.1 Å². The third-order valence-corrected chi connectivity index (χ3v) is 2.35. The first kappa shape index (κ1) is 11.5. The second kappa shape index (κ2) is 4.88. The largest absolute Gasteiger partial charge is 0.388 e. The predicted molar refractivity (Wildman–Crippen MR) is 68.5 cm³/mol. The standard InChI is InChI=1S/C10H12N6S/c1-16-6-7(3-15-16)2-13-9-5-12-8(4-14-9)10(11)17/h3-6H,2H2,1H3,(H2,11,17)(H,13,14). The number of anilines is 1. The van der Waals surface area contributed by atoms with Crippen molar-refractivity contribution in [2.75, 3.05) is 5.32 Å². The molecule has 0 saturated heterocycles. The van der Waals surface area contributed by atoms with Gasteiger partial charge in [0.25, 0.3) is 0 Å². The van der Waals surface area contributed by atoms with Crippen LogP contribution >= 0.6 is 12.2 Å². The summed E-state index contributed by atoms with van der Waals surface area (Å²) >= 11 is 4.79. The van der Waals surface area contributed by atoms with E-state index in [1.165, 1.54) is 0 Å². The molecule has 0 unspecified atom stereocenters. The molecule has 0 aliphatic carbocycles. The molecule has 7 heteroatoms. The summed E-state index contributed by atoms with van der Waals surface area (Å²) in [6.07, 6.45) is 6.88. The van der Waals surface area contributed by atoms with E-state index in [2.05, 4.69) is 20.4 Å². The van der Waals surface area contributed by atoms with Crippen LogP contribution in [0.5, 0.6) is 0 Å². The first-order valence-corrected chi connectivity index (χ1v) is 5.39. The molecule has 0 atom stereocenters. The van der Waals surface area contributed by atoms with E-state index in [1.54, 1.807) is 23.3 Å². The highest BCUT2D eigenvalue weighted by molar-refractivity contribution is 7.80. The van der Waals surface area contributed by atoms with Gasteiger partial charge in [-0.15, -0.1) is 0 Å². The number of hydrogen-bond donors (Lipinski definition) is 2. The minimum atomic E-state index is 0.247. The lowest BCUT2D eigenvalue weighted by Gasteiger charge is -2.03. The molecular weight excluding hydrogens is 236 g/mol. The van der Waals surface area contributed by atoms with Gasteiger partial charge in [-0.25, -0.2) is 9.97 Å². The first-order valence-electron chi connectivity index (χ1n) is 4.98. The molecule has 0 aromatic carbocycles. The van der Waals surface area contributed by atoms with Crippen LogP contribution in [-0.4, -0.2) is 24.7 Å². The van der Waals surface area contributed by atoms with Crippen LogP contribution in [-0.2, 0) is 13.6 Å². The lowest BCUT2D eigenvalue weighted by atomic mass is 10.3. The zero-order valence-corrected chi connectivity index (χ0v) is 10.1. The van der Waals surface area contributed by atoms with Crippen LogP contribution in [0.25, 0.3) is 0 Å². The molecule has 88 valence electrons. The molecule has 17 heavy (non-hydrogen) atoms. The molecule has 0 fully saturated rings. The van der Waals surface area contributed by atoms with Crippen LogP contribution in [0.3, 0.4) is 0 Å². The summed E-state index contributed by atoms with van der Waals surface area (Å²) < 4.78 is 1.75. The van der Waals surface area contributed by atoms with Gasteiger partial charge in [-0.1, -0.05) is 12.2 Å². The maximum atomic E-state index is 5.43. The number of rotatable bonds is 4. The summed E-state index contributed by atoms with van der Waals surface area (Å²) in [6, 6.07) is 0. The molecule has 0 saturated carbocycles. The Morgan fingerprint density at radius 1 is 1.41 bits per heavy atom. The topological polar surface area (TPSA) is 81.7 Å². The van der Waals surface area contributed by atoms with Crippen molar-refractivity contribution in [3.8, 4) is 0 Å². The molecule has 2 aromatic rings. The monoisotopic (exact) mass is 248 g/mol. The van der Waals surface area contributed by atoms with Crippen molar-refractivity contribution in [1.29, 1.82) is 0 Å². The van der Waals surface area contributed by atoms with Gasteiger partial charge in [-0.3, -0.25) is 4.68 Å². The Bertz CT molecular complexity index is 518. The molecule has 0 aliphatic rings. The van der Waals surface area contributed by atoms with E-state index in [0.717, 1.165) is 5.56 Å². The second-order valence-corrected chi connectivity index (χ2v) is 3.97. The number of nitrogens with zero attached hydrogens (tertiary/aromatic N) is 4. The van der Waals surface area contributed by atoms with E-state index in [4.69, 9.17) is 18.0 Å². The summed E-state index contributed by atoms with van der Waals surface area (Å²) in [5.41, 5.74) is 7.03. The maximum absolute atomic E-state index is 5.43. The predicted octanol–water partition coefficient (Wildman–Crippen LogP) is 0.456. The normalized spacial score (nSPS) is 10.2. The number of nitrogens with two attached hydrogens (primary N) is 1. The number of thiocarbonyl (C=S) groups is 1. The number of nitrogens with one attached hydrogen (secondary N) is 1. The molecule has 0 bridgehead atoms. The van der Waals surface area contributed by atoms with Crippen LogP contribution < -0.4 is 11.1 Å². The highest BCUT2D eigenvalue weighted by Crippen LogP contribution is 2.04. The van der Waals surface area contributed by atoms with Gasteiger partial charge in [0.05, 0.1) is 18.6 Å². The van der Waals surface area contributed by atoms with Crippen molar-refractivity contribution in [3.05, 3.63) is 36.0 Å². The van der Waals surface area contributed by atoms with Gasteiger partial charge in [0, 0.05) is 25.4 Å². The molecule has 0 radical (unpaired) electrons. The Hall–Kier alpha value is -2.02. The lowest BCUT2D eigenvalue weighted by Crippen LogP contribution is -2.12. The minimum Gasteiger partial charge on any atom is -0.388 e. The van der Waals surface area contributed by atoms with Gasteiger partial charge in [-0.2, -0.15) is 5.10 Å². The van der Waals surface area contributed by atoms with Gasteiger partial charge in [0.1, 0.15) is 16.5 Å². The molecule has 0 spiro atoms. The Kier molecular flexibility index (Phi) is 3.29.